The van der Waals surface area contributed by atoms with E-state index in [2.05, 4.69) is 39.0 Å². The molecule has 0 spiro atoms. The van der Waals surface area contributed by atoms with E-state index >= 15 is 0 Å². The average Bonchev–Trinajstić information content (AvgIpc) is 3.39. The van der Waals surface area contributed by atoms with Crippen LogP contribution in [-0.4, -0.2) is 16.6 Å². The van der Waals surface area contributed by atoms with Gasteiger partial charge in [-0.05, 0) is 72.5 Å². The second-order valence-corrected chi connectivity index (χ2v) is 10.7. The van der Waals surface area contributed by atoms with Crippen LogP contribution < -0.4 is 0 Å². The number of carbonyl (C=O) groups excluding carboxylic acids is 2. The van der Waals surface area contributed by atoms with Crippen LogP contribution in [0, 0.1) is 20.8 Å². The van der Waals surface area contributed by atoms with E-state index in [9.17, 15) is 9.59 Å². The molecule has 0 saturated heterocycles. The lowest BCUT2D eigenvalue weighted by Crippen LogP contribution is -1.99. The Kier molecular flexibility index (Phi) is 4.47. The molecule has 0 unspecified atom stereocenters. The highest BCUT2D eigenvalue weighted by Crippen LogP contribution is 2.40. The van der Waals surface area contributed by atoms with Gasteiger partial charge in [0.1, 0.15) is 9.84 Å². The normalized spacial score (nSPS) is 13.4. The number of allylic oxidation sites excluding steroid dienone is 1. The summed E-state index contributed by atoms with van der Waals surface area (Å²) < 4.78 is 1.07. The maximum atomic E-state index is 13.0. The highest BCUT2D eigenvalue weighted by Gasteiger charge is 2.33. The predicted octanol–water partition coefficient (Wildman–Crippen LogP) is 7.57. The van der Waals surface area contributed by atoms with Crippen LogP contribution in [0.3, 0.4) is 0 Å². The van der Waals surface area contributed by atoms with Crippen LogP contribution >= 0.6 is 22.7 Å². The first-order valence-electron chi connectivity index (χ1n) is 10.7. The zero-order valence-electron chi connectivity index (χ0n) is 18.4. The van der Waals surface area contributed by atoms with Crippen LogP contribution in [0.15, 0.2) is 60.2 Å². The fourth-order valence-corrected chi connectivity index (χ4v) is 7.11. The second-order valence-electron chi connectivity index (χ2n) is 8.57. The number of hydrogen-bond acceptors (Lipinski definition) is 5. The summed E-state index contributed by atoms with van der Waals surface area (Å²) >= 11 is 3.17. The van der Waals surface area contributed by atoms with Crippen LogP contribution in [-0.2, 0) is 0 Å². The summed E-state index contributed by atoms with van der Waals surface area (Å²) in [4.78, 5) is 33.0. The van der Waals surface area contributed by atoms with Gasteiger partial charge in [0.05, 0.1) is 10.3 Å². The summed E-state index contributed by atoms with van der Waals surface area (Å²) in [5.41, 5.74) is 6.21. The smallest absolute Gasteiger partial charge is 0.197 e. The number of thiazole rings is 1. The Hall–Kier alpha value is -3.41. The van der Waals surface area contributed by atoms with Gasteiger partial charge < -0.3 is 0 Å². The lowest BCUT2D eigenvalue weighted by molar-refractivity contribution is 0.0990. The summed E-state index contributed by atoms with van der Waals surface area (Å²) in [6, 6.07) is 18.0. The standard InChI is InChI=1S/C28H19NO2S2/c1-14-8-15(2)25(16(3)9-14)22-13-23-28(33-22)29-24(32-23)12-21-26(30)19-10-17-6-4-5-7-18(17)11-20(19)27(21)31/h4-13H,1-3H3. The van der Waals surface area contributed by atoms with Gasteiger partial charge in [-0.3, -0.25) is 9.59 Å². The second kappa shape index (κ2) is 7.30. The third-order valence-electron chi connectivity index (χ3n) is 6.16. The number of benzene rings is 3. The molecule has 3 nitrogen and oxygen atoms in total. The maximum absolute atomic E-state index is 13.0. The SMILES string of the molecule is Cc1cc(C)c(-c2cc3sc(C=C4C(=O)c5cc6ccccc6cc5C4=O)nc3s2)c(C)c1. The summed E-state index contributed by atoms with van der Waals surface area (Å²) in [6.45, 7) is 6.40. The molecule has 0 saturated carbocycles. The van der Waals surface area contributed by atoms with Gasteiger partial charge in [0.25, 0.3) is 0 Å². The molecule has 1 aliphatic rings. The molecule has 3 aromatic carbocycles. The number of thiophene rings is 1. The Morgan fingerprint density at radius 2 is 1.39 bits per heavy atom. The van der Waals surface area contributed by atoms with Crippen molar-refractivity contribution in [3.63, 3.8) is 0 Å². The third kappa shape index (κ3) is 3.19. The van der Waals surface area contributed by atoms with E-state index < -0.39 is 0 Å². The van der Waals surface area contributed by atoms with E-state index in [4.69, 9.17) is 4.98 Å². The highest BCUT2D eigenvalue weighted by molar-refractivity contribution is 7.29. The summed E-state index contributed by atoms with van der Waals surface area (Å²) in [6.07, 6.45) is 1.66. The van der Waals surface area contributed by atoms with Crippen molar-refractivity contribution in [3.05, 3.63) is 93.0 Å². The van der Waals surface area contributed by atoms with E-state index in [0.29, 0.717) is 16.1 Å². The lowest BCUT2D eigenvalue weighted by atomic mass is 9.99. The molecule has 5 aromatic rings. The Labute approximate surface area is 199 Å². The Morgan fingerprint density at radius 1 is 0.788 bits per heavy atom. The molecule has 2 aromatic heterocycles. The van der Waals surface area contributed by atoms with Crippen LogP contribution in [0.2, 0.25) is 0 Å². The Balaban J connectivity index is 1.39. The first-order valence-corrected chi connectivity index (χ1v) is 12.3. The molecular formula is C28H19NO2S2. The van der Waals surface area contributed by atoms with E-state index in [0.717, 1.165) is 20.3 Å². The van der Waals surface area contributed by atoms with Crippen molar-refractivity contribution in [1.82, 2.24) is 4.98 Å². The molecule has 0 atom stereocenters. The van der Waals surface area contributed by atoms with Crippen LogP contribution in [0.4, 0.5) is 0 Å². The summed E-state index contributed by atoms with van der Waals surface area (Å²) in [5, 5.41) is 2.61. The lowest BCUT2D eigenvalue weighted by Gasteiger charge is -2.09. The summed E-state index contributed by atoms with van der Waals surface area (Å²) in [7, 11) is 0. The molecule has 0 amide bonds. The Bertz CT molecular complexity index is 1570. The molecule has 0 aliphatic heterocycles. The van der Waals surface area contributed by atoms with Crippen molar-refractivity contribution in [3.8, 4) is 10.4 Å². The van der Waals surface area contributed by atoms with Crippen molar-refractivity contribution in [2.45, 2.75) is 20.8 Å². The molecule has 5 heteroatoms. The van der Waals surface area contributed by atoms with E-state index in [1.807, 2.05) is 36.4 Å². The van der Waals surface area contributed by atoms with E-state index in [1.165, 1.54) is 38.5 Å². The number of aryl methyl sites for hydroxylation is 3. The number of fused-ring (bicyclic) bond motifs is 3. The molecular weight excluding hydrogens is 446 g/mol. The number of Topliss-reactive ketones (excluding diaryl/α,β-unsaturated/α-hetero) is 2. The van der Waals surface area contributed by atoms with Crippen molar-refractivity contribution < 1.29 is 9.59 Å². The van der Waals surface area contributed by atoms with Crippen molar-refractivity contribution in [1.29, 1.82) is 0 Å². The van der Waals surface area contributed by atoms with Crippen LogP contribution in [0.25, 0.3) is 36.8 Å². The fraction of sp³-hybridized carbons (Fsp3) is 0.107. The molecule has 1 aliphatic carbocycles. The molecule has 0 fully saturated rings. The van der Waals surface area contributed by atoms with Gasteiger partial charge >= 0.3 is 0 Å². The van der Waals surface area contributed by atoms with Gasteiger partial charge in [-0.2, -0.15) is 0 Å². The van der Waals surface area contributed by atoms with Crippen molar-refractivity contribution in [2.24, 2.45) is 0 Å². The van der Waals surface area contributed by atoms with Gasteiger partial charge in [0.2, 0.25) is 0 Å². The Morgan fingerprint density at radius 3 is 1.97 bits per heavy atom. The van der Waals surface area contributed by atoms with Gasteiger partial charge in [0, 0.05) is 16.0 Å². The number of aromatic nitrogens is 1. The zero-order valence-corrected chi connectivity index (χ0v) is 20.0. The molecule has 0 radical (unpaired) electrons. The predicted molar refractivity (Wildman–Crippen MR) is 138 cm³/mol. The van der Waals surface area contributed by atoms with Crippen molar-refractivity contribution in [2.75, 3.05) is 0 Å². The molecule has 0 bridgehead atoms. The first-order chi connectivity index (χ1) is 15.9. The van der Waals surface area contributed by atoms with Crippen LogP contribution in [0.1, 0.15) is 42.4 Å². The molecule has 2 heterocycles. The largest absolute Gasteiger partial charge is 0.288 e. The van der Waals surface area contributed by atoms with Gasteiger partial charge in [-0.1, -0.05) is 42.0 Å². The highest BCUT2D eigenvalue weighted by atomic mass is 32.1. The van der Waals surface area contributed by atoms with E-state index in [-0.39, 0.29) is 17.1 Å². The number of carbonyl (C=O) groups is 2. The molecule has 6 rings (SSSR count). The monoisotopic (exact) mass is 465 g/mol. The van der Waals surface area contributed by atoms with Gasteiger partial charge in [-0.15, -0.1) is 22.7 Å². The number of hydrogen-bond donors (Lipinski definition) is 0. The van der Waals surface area contributed by atoms with Gasteiger partial charge in [-0.25, -0.2) is 4.98 Å². The van der Waals surface area contributed by atoms with E-state index in [1.54, 1.807) is 17.4 Å². The van der Waals surface area contributed by atoms with Crippen molar-refractivity contribution >= 4 is 60.6 Å². The van der Waals surface area contributed by atoms with Crippen LogP contribution in [0.5, 0.6) is 0 Å². The minimum atomic E-state index is -0.217. The minimum Gasteiger partial charge on any atom is -0.288 e. The zero-order chi connectivity index (χ0) is 22.9. The minimum absolute atomic E-state index is 0.201. The number of nitrogens with zero attached hydrogens (tertiary/aromatic N) is 1. The number of ketones is 2. The average molecular weight is 466 g/mol. The quantitative estimate of drug-likeness (QED) is 0.200. The topological polar surface area (TPSA) is 47.0 Å². The molecule has 160 valence electrons. The third-order valence-corrected chi connectivity index (χ3v) is 8.29. The van der Waals surface area contributed by atoms with Gasteiger partial charge in [0.15, 0.2) is 11.6 Å². The summed E-state index contributed by atoms with van der Waals surface area (Å²) in [5.74, 6) is -0.434. The maximum Gasteiger partial charge on any atom is 0.197 e. The fourth-order valence-electron chi connectivity index (χ4n) is 4.77. The first kappa shape index (κ1) is 20.2. The molecule has 33 heavy (non-hydrogen) atoms. The molecule has 0 N–H and O–H groups in total. The number of rotatable bonds is 2.